The average Bonchev–Trinajstić information content (AvgIpc) is 3.63. The first-order chi connectivity index (χ1) is 17.2. The number of rotatable bonds is 5. The summed E-state index contributed by atoms with van der Waals surface area (Å²) in [6.07, 6.45) is 7.60. The molecule has 3 aromatic rings. The third-order valence-corrected chi connectivity index (χ3v) is 6.44. The number of hydrogen-bond acceptors (Lipinski definition) is 7. The van der Waals surface area contributed by atoms with Crippen LogP contribution in [0.3, 0.4) is 0 Å². The van der Waals surface area contributed by atoms with Crippen LogP contribution in [-0.4, -0.2) is 61.9 Å². The Bertz CT molecular complexity index is 1200. The molecule has 1 saturated heterocycles. The van der Waals surface area contributed by atoms with Crippen molar-refractivity contribution in [2.75, 3.05) is 18.0 Å². The van der Waals surface area contributed by atoms with Crippen LogP contribution in [0, 0.1) is 13.8 Å². The Morgan fingerprint density at radius 2 is 1.83 bits per heavy atom. The SMILES string of the molecule is Cc1cnn(C)c1.Cc1nc(N2CCC(O)C(NC(=O)c3ccc(C4CC4)cc3)C2)cnc1C(N)=O. The highest BCUT2D eigenvalue weighted by atomic mass is 16.3. The van der Waals surface area contributed by atoms with Crippen LogP contribution in [0.5, 0.6) is 0 Å². The van der Waals surface area contributed by atoms with Crippen molar-refractivity contribution in [3.63, 3.8) is 0 Å². The highest BCUT2D eigenvalue weighted by molar-refractivity contribution is 5.94. The number of anilines is 1. The number of hydrogen-bond donors (Lipinski definition) is 3. The average molecular weight is 492 g/mol. The number of aliphatic hydroxyl groups excluding tert-OH is 1. The lowest BCUT2D eigenvalue weighted by molar-refractivity contribution is 0.0785. The Labute approximate surface area is 210 Å². The standard InChI is InChI=1S/C21H25N5O3.C5H8N2/c1-12-19(20(22)28)23-10-18(24-12)26-9-8-17(27)16(11-26)25-21(29)15-6-4-14(5-7-15)13-2-3-13;1-5-3-6-7(2)4-5/h4-7,10,13,16-17,27H,2-3,8-9,11H2,1H3,(H2,22,28)(H,25,29);3-4H,1-2H3. The maximum atomic E-state index is 12.7. The van der Waals surface area contributed by atoms with Crippen molar-refractivity contribution in [3.05, 3.63) is 70.9 Å². The van der Waals surface area contributed by atoms with E-state index in [2.05, 4.69) is 20.4 Å². The van der Waals surface area contributed by atoms with Crippen LogP contribution in [0.4, 0.5) is 5.82 Å². The van der Waals surface area contributed by atoms with Gasteiger partial charge in [0, 0.05) is 31.9 Å². The van der Waals surface area contributed by atoms with Gasteiger partial charge in [-0.2, -0.15) is 5.10 Å². The zero-order chi connectivity index (χ0) is 25.8. The van der Waals surface area contributed by atoms with Crippen molar-refractivity contribution >= 4 is 17.6 Å². The number of primary amides is 1. The topological polar surface area (TPSA) is 139 Å². The van der Waals surface area contributed by atoms with Gasteiger partial charge in [-0.3, -0.25) is 14.3 Å². The fourth-order valence-corrected chi connectivity index (χ4v) is 4.27. The number of nitrogens with one attached hydrogen (secondary N) is 1. The molecular formula is C26H33N7O3. The first kappa shape index (κ1) is 25.3. The van der Waals surface area contributed by atoms with E-state index in [-0.39, 0.29) is 11.6 Å². The summed E-state index contributed by atoms with van der Waals surface area (Å²) in [6, 6.07) is 7.27. The number of aliphatic hydroxyl groups is 1. The summed E-state index contributed by atoms with van der Waals surface area (Å²) in [5, 5.41) is 17.3. The number of amides is 2. The molecule has 2 unspecified atom stereocenters. The van der Waals surface area contributed by atoms with Gasteiger partial charge >= 0.3 is 0 Å². The molecular weight excluding hydrogens is 458 g/mol. The predicted molar refractivity (Wildman–Crippen MR) is 136 cm³/mol. The van der Waals surface area contributed by atoms with E-state index < -0.39 is 18.1 Å². The van der Waals surface area contributed by atoms with Gasteiger partial charge in [0.2, 0.25) is 0 Å². The molecule has 2 fully saturated rings. The number of aryl methyl sites for hydroxylation is 3. The van der Waals surface area contributed by atoms with Crippen LogP contribution >= 0.6 is 0 Å². The fourth-order valence-electron chi connectivity index (χ4n) is 4.27. The third-order valence-electron chi connectivity index (χ3n) is 6.44. The lowest BCUT2D eigenvalue weighted by Crippen LogP contribution is -2.55. The molecule has 2 atom stereocenters. The molecule has 1 saturated carbocycles. The van der Waals surface area contributed by atoms with Crippen molar-refractivity contribution in [1.29, 1.82) is 0 Å². The van der Waals surface area contributed by atoms with E-state index in [9.17, 15) is 14.7 Å². The van der Waals surface area contributed by atoms with Gasteiger partial charge in [0.25, 0.3) is 11.8 Å². The van der Waals surface area contributed by atoms with Gasteiger partial charge in [0.1, 0.15) is 11.5 Å². The second-order valence-electron chi connectivity index (χ2n) is 9.50. The molecule has 1 aromatic carbocycles. The first-order valence-electron chi connectivity index (χ1n) is 12.1. The van der Waals surface area contributed by atoms with Crippen molar-refractivity contribution < 1.29 is 14.7 Å². The Balaban J connectivity index is 0.000000375. The van der Waals surface area contributed by atoms with E-state index >= 15 is 0 Å². The predicted octanol–water partition coefficient (Wildman–Crippen LogP) is 1.86. The summed E-state index contributed by atoms with van der Waals surface area (Å²) in [5.41, 5.74) is 8.96. The fraction of sp³-hybridized carbons (Fsp3) is 0.423. The van der Waals surface area contributed by atoms with E-state index in [0.717, 1.165) is 0 Å². The Morgan fingerprint density at radius 3 is 2.36 bits per heavy atom. The second kappa shape index (κ2) is 10.9. The third kappa shape index (κ3) is 6.25. The highest BCUT2D eigenvalue weighted by Crippen LogP contribution is 2.39. The van der Waals surface area contributed by atoms with Gasteiger partial charge in [-0.1, -0.05) is 12.1 Å². The maximum Gasteiger partial charge on any atom is 0.269 e. The lowest BCUT2D eigenvalue weighted by Gasteiger charge is -2.37. The molecule has 3 heterocycles. The van der Waals surface area contributed by atoms with Crippen LogP contribution in [0.25, 0.3) is 0 Å². The van der Waals surface area contributed by atoms with Crippen LogP contribution in [0.2, 0.25) is 0 Å². The van der Waals surface area contributed by atoms with E-state index in [1.54, 1.807) is 11.6 Å². The molecule has 2 aliphatic rings. The Morgan fingerprint density at radius 1 is 1.11 bits per heavy atom. The van der Waals surface area contributed by atoms with Crippen molar-refractivity contribution in [2.24, 2.45) is 12.8 Å². The molecule has 0 radical (unpaired) electrons. The number of nitrogens with two attached hydrogens (primary N) is 1. The highest BCUT2D eigenvalue weighted by Gasteiger charge is 2.30. The number of carbonyl (C=O) groups excluding carboxylic acids is 2. The molecule has 36 heavy (non-hydrogen) atoms. The largest absolute Gasteiger partial charge is 0.391 e. The summed E-state index contributed by atoms with van der Waals surface area (Å²) in [7, 11) is 1.91. The minimum Gasteiger partial charge on any atom is -0.391 e. The van der Waals surface area contributed by atoms with Crippen molar-refractivity contribution in [3.8, 4) is 0 Å². The van der Waals surface area contributed by atoms with Gasteiger partial charge in [-0.15, -0.1) is 0 Å². The molecule has 4 N–H and O–H groups in total. The van der Waals surface area contributed by atoms with Crippen molar-refractivity contribution in [1.82, 2.24) is 25.1 Å². The molecule has 2 aromatic heterocycles. The van der Waals surface area contributed by atoms with Crippen LogP contribution in [-0.2, 0) is 7.05 Å². The molecule has 1 aliphatic heterocycles. The second-order valence-corrected chi connectivity index (χ2v) is 9.50. The summed E-state index contributed by atoms with van der Waals surface area (Å²) in [5.74, 6) is 0.414. The molecule has 2 amide bonds. The van der Waals surface area contributed by atoms with Gasteiger partial charge in [-0.25, -0.2) is 9.97 Å². The first-order valence-corrected chi connectivity index (χ1v) is 12.1. The van der Waals surface area contributed by atoms with Gasteiger partial charge in [-0.05, 0) is 62.3 Å². The minimum atomic E-state index is -0.639. The van der Waals surface area contributed by atoms with Gasteiger partial charge < -0.3 is 21.1 Å². The molecule has 5 rings (SSSR count). The van der Waals surface area contributed by atoms with E-state index in [4.69, 9.17) is 5.73 Å². The van der Waals surface area contributed by atoms with E-state index in [1.807, 2.05) is 55.5 Å². The number of nitrogens with zero attached hydrogens (tertiary/aromatic N) is 5. The van der Waals surface area contributed by atoms with Crippen molar-refractivity contribution in [2.45, 2.75) is 51.2 Å². The number of carbonyl (C=O) groups is 2. The van der Waals surface area contributed by atoms with Gasteiger partial charge in [0.15, 0.2) is 0 Å². The molecule has 10 heteroatoms. The summed E-state index contributed by atoms with van der Waals surface area (Å²) >= 11 is 0. The summed E-state index contributed by atoms with van der Waals surface area (Å²) in [6.45, 7) is 4.68. The Kier molecular flexibility index (Phi) is 7.64. The van der Waals surface area contributed by atoms with E-state index in [0.29, 0.717) is 42.5 Å². The number of aromatic nitrogens is 4. The number of piperidine rings is 1. The minimum absolute atomic E-state index is 0.144. The molecule has 1 aliphatic carbocycles. The maximum absolute atomic E-state index is 12.7. The summed E-state index contributed by atoms with van der Waals surface area (Å²) in [4.78, 5) is 34.5. The molecule has 190 valence electrons. The van der Waals surface area contributed by atoms with E-state index in [1.165, 1.54) is 30.2 Å². The Hall–Kier alpha value is -3.79. The number of benzene rings is 1. The zero-order valence-corrected chi connectivity index (χ0v) is 20.9. The lowest BCUT2D eigenvalue weighted by atomic mass is 10.0. The molecule has 10 nitrogen and oxygen atoms in total. The quantitative estimate of drug-likeness (QED) is 0.495. The van der Waals surface area contributed by atoms with Crippen LogP contribution in [0.1, 0.15) is 62.8 Å². The monoisotopic (exact) mass is 491 g/mol. The normalized spacial score (nSPS) is 19.3. The van der Waals surface area contributed by atoms with Crippen LogP contribution in [0.15, 0.2) is 42.9 Å². The van der Waals surface area contributed by atoms with Crippen LogP contribution < -0.4 is 16.0 Å². The summed E-state index contributed by atoms with van der Waals surface area (Å²) < 4.78 is 1.79. The zero-order valence-electron chi connectivity index (χ0n) is 20.9. The van der Waals surface area contributed by atoms with Gasteiger partial charge in [0.05, 0.1) is 30.2 Å². The molecule has 0 bridgehead atoms. The smallest absolute Gasteiger partial charge is 0.269 e. The molecule has 0 spiro atoms.